The average Bonchev–Trinajstić information content (AvgIpc) is 2.72. The first-order chi connectivity index (χ1) is 7.15. The van der Waals surface area contributed by atoms with Gasteiger partial charge in [-0.25, -0.2) is 0 Å². The Morgan fingerprint density at radius 2 is 2.20 bits per heavy atom. The summed E-state index contributed by atoms with van der Waals surface area (Å²) in [5.41, 5.74) is 0. The number of likely N-dealkylation sites (tertiary alicyclic amines) is 1. The zero-order valence-corrected chi connectivity index (χ0v) is 9.48. The van der Waals surface area contributed by atoms with E-state index in [9.17, 15) is 4.79 Å². The number of rotatable bonds is 3. The third kappa shape index (κ3) is 2.71. The highest BCUT2D eigenvalue weighted by Crippen LogP contribution is 2.33. The molecule has 3 nitrogen and oxygen atoms in total. The van der Waals surface area contributed by atoms with Gasteiger partial charge in [0.25, 0.3) is 0 Å². The summed E-state index contributed by atoms with van der Waals surface area (Å²) < 4.78 is 0. The molecular formula is C12H21NO2. The summed E-state index contributed by atoms with van der Waals surface area (Å²) in [5, 5.41) is 8.75. The molecule has 1 aliphatic carbocycles. The minimum Gasteiger partial charge on any atom is -0.481 e. The molecule has 1 saturated heterocycles. The zero-order chi connectivity index (χ0) is 10.8. The molecule has 2 fully saturated rings. The molecule has 15 heavy (non-hydrogen) atoms. The van der Waals surface area contributed by atoms with Crippen LogP contribution in [0.25, 0.3) is 0 Å². The molecule has 2 rings (SSSR count). The van der Waals surface area contributed by atoms with Gasteiger partial charge in [0.2, 0.25) is 0 Å². The van der Waals surface area contributed by atoms with Crippen molar-refractivity contribution in [1.82, 2.24) is 4.90 Å². The first-order valence-electron chi connectivity index (χ1n) is 6.11. The molecule has 3 atom stereocenters. The summed E-state index contributed by atoms with van der Waals surface area (Å²) in [6.07, 6.45) is 5.13. The van der Waals surface area contributed by atoms with Crippen LogP contribution < -0.4 is 0 Å². The summed E-state index contributed by atoms with van der Waals surface area (Å²) in [4.78, 5) is 13.2. The van der Waals surface area contributed by atoms with Crippen molar-refractivity contribution in [2.24, 2.45) is 11.8 Å². The molecule has 0 radical (unpaired) electrons. The summed E-state index contributed by atoms with van der Waals surface area (Å²) >= 11 is 0. The van der Waals surface area contributed by atoms with Gasteiger partial charge in [-0.3, -0.25) is 4.79 Å². The van der Waals surface area contributed by atoms with E-state index in [0.29, 0.717) is 18.4 Å². The fourth-order valence-corrected chi connectivity index (χ4v) is 3.11. The van der Waals surface area contributed by atoms with Gasteiger partial charge >= 0.3 is 5.97 Å². The second kappa shape index (κ2) is 4.52. The first kappa shape index (κ1) is 10.9. The van der Waals surface area contributed by atoms with Crippen LogP contribution in [0.4, 0.5) is 0 Å². The van der Waals surface area contributed by atoms with E-state index in [1.165, 1.54) is 25.9 Å². The van der Waals surface area contributed by atoms with Crippen molar-refractivity contribution in [3.63, 3.8) is 0 Å². The quantitative estimate of drug-likeness (QED) is 0.776. The molecule has 3 heteroatoms. The van der Waals surface area contributed by atoms with Gasteiger partial charge in [0.1, 0.15) is 0 Å². The van der Waals surface area contributed by atoms with Gasteiger partial charge in [0.15, 0.2) is 0 Å². The second-order valence-electron chi connectivity index (χ2n) is 5.32. The molecule has 1 N–H and O–H groups in total. The number of carbonyl (C=O) groups is 1. The van der Waals surface area contributed by atoms with Crippen LogP contribution in [0.1, 0.15) is 39.0 Å². The molecule has 0 aromatic heterocycles. The summed E-state index contributed by atoms with van der Waals surface area (Å²) in [7, 11) is 0. The molecule has 0 spiro atoms. The van der Waals surface area contributed by atoms with Gasteiger partial charge in [-0.05, 0) is 44.1 Å². The van der Waals surface area contributed by atoms with Crippen LogP contribution >= 0.6 is 0 Å². The number of aliphatic carboxylic acids is 1. The highest BCUT2D eigenvalue weighted by Gasteiger charge is 2.33. The lowest BCUT2D eigenvalue weighted by Crippen LogP contribution is -2.31. The van der Waals surface area contributed by atoms with Gasteiger partial charge in [-0.1, -0.05) is 6.92 Å². The number of hydrogen-bond donors (Lipinski definition) is 1. The molecular weight excluding hydrogens is 190 g/mol. The Morgan fingerprint density at radius 3 is 2.80 bits per heavy atom. The third-order valence-electron chi connectivity index (χ3n) is 3.95. The predicted molar refractivity (Wildman–Crippen MR) is 58.7 cm³/mol. The van der Waals surface area contributed by atoms with Crippen molar-refractivity contribution >= 4 is 5.97 Å². The van der Waals surface area contributed by atoms with Gasteiger partial charge in [0, 0.05) is 19.0 Å². The van der Waals surface area contributed by atoms with Crippen molar-refractivity contribution in [2.45, 2.75) is 45.1 Å². The maximum Gasteiger partial charge on any atom is 0.303 e. The minimum absolute atomic E-state index is 0.375. The number of carboxylic acid groups (broad SMARTS) is 1. The van der Waals surface area contributed by atoms with E-state index >= 15 is 0 Å². The molecule has 1 saturated carbocycles. The molecule has 0 amide bonds. The van der Waals surface area contributed by atoms with Crippen LogP contribution in [0, 0.1) is 11.8 Å². The van der Waals surface area contributed by atoms with E-state index in [1.807, 2.05) is 0 Å². The van der Waals surface area contributed by atoms with Crippen molar-refractivity contribution in [3.8, 4) is 0 Å². The van der Waals surface area contributed by atoms with Crippen LogP contribution in [0.5, 0.6) is 0 Å². The lowest BCUT2D eigenvalue weighted by Gasteiger charge is -2.23. The van der Waals surface area contributed by atoms with Crippen molar-refractivity contribution in [3.05, 3.63) is 0 Å². The predicted octanol–water partition coefficient (Wildman–Crippen LogP) is 1.97. The SMILES string of the molecule is CC1CCN(C2CCC(CC(=O)O)C2)C1. The zero-order valence-electron chi connectivity index (χ0n) is 9.48. The topological polar surface area (TPSA) is 40.5 Å². The maximum atomic E-state index is 10.6. The Hall–Kier alpha value is -0.570. The molecule has 0 aromatic rings. The Morgan fingerprint density at radius 1 is 1.40 bits per heavy atom. The van der Waals surface area contributed by atoms with E-state index in [2.05, 4.69) is 11.8 Å². The number of nitrogens with zero attached hydrogens (tertiary/aromatic N) is 1. The lowest BCUT2D eigenvalue weighted by atomic mass is 10.0. The lowest BCUT2D eigenvalue weighted by molar-refractivity contribution is -0.138. The molecule has 1 heterocycles. The maximum absolute atomic E-state index is 10.6. The van der Waals surface area contributed by atoms with Gasteiger partial charge in [-0.2, -0.15) is 0 Å². The fraction of sp³-hybridized carbons (Fsp3) is 0.917. The van der Waals surface area contributed by atoms with Gasteiger partial charge < -0.3 is 10.0 Å². The van der Waals surface area contributed by atoms with Crippen LogP contribution in [-0.4, -0.2) is 35.1 Å². The van der Waals surface area contributed by atoms with Gasteiger partial charge in [0.05, 0.1) is 0 Å². The van der Waals surface area contributed by atoms with Crippen LogP contribution in [0.15, 0.2) is 0 Å². The van der Waals surface area contributed by atoms with Crippen LogP contribution in [0.2, 0.25) is 0 Å². The van der Waals surface area contributed by atoms with Gasteiger partial charge in [-0.15, -0.1) is 0 Å². The Labute approximate surface area is 91.5 Å². The van der Waals surface area contributed by atoms with E-state index < -0.39 is 5.97 Å². The molecule has 2 aliphatic rings. The largest absolute Gasteiger partial charge is 0.481 e. The van der Waals surface area contributed by atoms with E-state index in [1.54, 1.807) is 0 Å². The number of hydrogen-bond acceptors (Lipinski definition) is 2. The molecule has 1 aliphatic heterocycles. The molecule has 0 aromatic carbocycles. The van der Waals surface area contributed by atoms with E-state index in [-0.39, 0.29) is 0 Å². The second-order valence-corrected chi connectivity index (χ2v) is 5.32. The fourth-order valence-electron chi connectivity index (χ4n) is 3.11. The smallest absolute Gasteiger partial charge is 0.303 e. The summed E-state index contributed by atoms with van der Waals surface area (Å²) in [5.74, 6) is 0.641. The summed E-state index contributed by atoms with van der Waals surface area (Å²) in [6, 6.07) is 0.680. The van der Waals surface area contributed by atoms with Crippen LogP contribution in [-0.2, 0) is 4.79 Å². The van der Waals surface area contributed by atoms with Crippen molar-refractivity contribution < 1.29 is 9.90 Å². The monoisotopic (exact) mass is 211 g/mol. The Bertz CT molecular complexity index is 242. The third-order valence-corrected chi connectivity index (χ3v) is 3.95. The standard InChI is InChI=1S/C12H21NO2/c1-9-4-5-13(8-9)11-3-2-10(6-11)7-12(14)15/h9-11H,2-8H2,1H3,(H,14,15). The normalized spacial score (nSPS) is 37.3. The van der Waals surface area contributed by atoms with Crippen molar-refractivity contribution in [1.29, 1.82) is 0 Å². The summed E-state index contributed by atoms with van der Waals surface area (Å²) in [6.45, 7) is 4.76. The highest BCUT2D eigenvalue weighted by atomic mass is 16.4. The van der Waals surface area contributed by atoms with E-state index in [4.69, 9.17) is 5.11 Å². The molecule has 3 unspecified atom stereocenters. The molecule has 0 bridgehead atoms. The van der Waals surface area contributed by atoms with Crippen LogP contribution in [0.3, 0.4) is 0 Å². The minimum atomic E-state index is -0.629. The Kier molecular flexibility index (Phi) is 3.29. The number of carboxylic acids is 1. The van der Waals surface area contributed by atoms with Crippen molar-refractivity contribution in [2.75, 3.05) is 13.1 Å². The highest BCUT2D eigenvalue weighted by molar-refractivity contribution is 5.67. The Balaban J connectivity index is 1.79. The van der Waals surface area contributed by atoms with E-state index in [0.717, 1.165) is 18.8 Å². The molecule has 86 valence electrons. The average molecular weight is 211 g/mol. The first-order valence-corrected chi connectivity index (χ1v) is 6.11.